The van der Waals surface area contributed by atoms with Crippen LogP contribution in [0.15, 0.2) is 41.4 Å². The topological polar surface area (TPSA) is 57.3 Å². The number of nitrogens with zero attached hydrogens (tertiary/aromatic N) is 2. The molecule has 0 saturated carbocycles. The summed E-state index contributed by atoms with van der Waals surface area (Å²) in [6.07, 6.45) is 5.10. The number of aromatic nitrogens is 2. The Hall–Kier alpha value is -2.56. The predicted octanol–water partition coefficient (Wildman–Crippen LogP) is 3.10. The molecule has 0 atom stereocenters. The molecule has 0 aliphatic carbocycles. The van der Waals surface area contributed by atoms with Crippen LogP contribution in [0.1, 0.15) is 17.3 Å². The molecular weight excluding hydrogens is 256 g/mol. The van der Waals surface area contributed by atoms with Crippen LogP contribution in [0, 0.1) is 0 Å². The Morgan fingerprint density at radius 3 is 2.95 bits per heavy atom. The van der Waals surface area contributed by atoms with Gasteiger partial charge >= 0.3 is 5.97 Å². The Kier molecular flexibility index (Phi) is 3.02. The number of ether oxygens (including phenoxy) is 1. The van der Waals surface area contributed by atoms with E-state index in [2.05, 4.69) is 16.5 Å². The number of hydrogen-bond acceptors (Lipinski definition) is 4. The summed E-state index contributed by atoms with van der Waals surface area (Å²) in [7, 11) is 1.38. The van der Waals surface area contributed by atoms with Crippen molar-refractivity contribution in [1.29, 1.82) is 0 Å². The molecule has 0 aliphatic heterocycles. The molecule has 2 aromatic heterocycles. The van der Waals surface area contributed by atoms with Crippen LogP contribution in [0.3, 0.4) is 0 Å². The fraction of sp³-hybridized carbons (Fsp3) is 0.200. The van der Waals surface area contributed by atoms with Gasteiger partial charge in [0.15, 0.2) is 12.2 Å². The fourth-order valence-electron chi connectivity index (χ4n) is 2.34. The zero-order valence-corrected chi connectivity index (χ0v) is 11.3. The normalized spacial score (nSPS) is 10.9. The molecule has 0 radical (unpaired) electrons. The molecule has 3 aromatic rings. The van der Waals surface area contributed by atoms with Crippen molar-refractivity contribution in [1.82, 2.24) is 9.55 Å². The highest BCUT2D eigenvalue weighted by Gasteiger charge is 2.14. The maximum atomic E-state index is 11.6. The molecule has 0 saturated heterocycles. The van der Waals surface area contributed by atoms with Gasteiger partial charge in [-0.15, -0.1) is 0 Å². The van der Waals surface area contributed by atoms with Gasteiger partial charge in [-0.3, -0.25) is 0 Å². The van der Waals surface area contributed by atoms with Crippen molar-refractivity contribution in [2.45, 2.75) is 13.5 Å². The molecule has 2 heterocycles. The van der Waals surface area contributed by atoms with Crippen LogP contribution in [0.4, 0.5) is 0 Å². The first kappa shape index (κ1) is 12.5. The number of aryl methyl sites for hydroxylation is 1. The summed E-state index contributed by atoms with van der Waals surface area (Å²) in [5.74, 6) is 0.380. The monoisotopic (exact) mass is 270 g/mol. The average Bonchev–Trinajstić information content (AvgIpc) is 3.12. The zero-order chi connectivity index (χ0) is 14.1. The lowest BCUT2D eigenvalue weighted by atomic mass is 10.1. The Morgan fingerprint density at radius 1 is 1.45 bits per heavy atom. The minimum absolute atomic E-state index is 0.336. The van der Waals surface area contributed by atoms with Gasteiger partial charge in [-0.05, 0) is 19.1 Å². The van der Waals surface area contributed by atoms with E-state index in [4.69, 9.17) is 9.15 Å². The van der Waals surface area contributed by atoms with Gasteiger partial charge in [0.2, 0.25) is 0 Å². The Labute approximate surface area is 115 Å². The molecule has 5 nitrogen and oxygen atoms in total. The molecule has 0 spiro atoms. The largest absolute Gasteiger partial charge is 0.465 e. The summed E-state index contributed by atoms with van der Waals surface area (Å²) >= 11 is 0. The molecular formula is C15H14N2O3. The zero-order valence-electron chi connectivity index (χ0n) is 11.3. The van der Waals surface area contributed by atoms with Crippen molar-refractivity contribution in [3.05, 3.63) is 42.5 Å². The molecule has 0 bridgehead atoms. The van der Waals surface area contributed by atoms with Gasteiger partial charge in [0.1, 0.15) is 0 Å². The van der Waals surface area contributed by atoms with Gasteiger partial charge in [0.05, 0.1) is 18.9 Å². The number of carbonyl (C=O) groups excluding carboxylic acids is 1. The van der Waals surface area contributed by atoms with Gasteiger partial charge < -0.3 is 13.7 Å². The van der Waals surface area contributed by atoms with Gasteiger partial charge in [-0.1, -0.05) is 6.07 Å². The van der Waals surface area contributed by atoms with Crippen molar-refractivity contribution < 1.29 is 13.9 Å². The van der Waals surface area contributed by atoms with Gasteiger partial charge in [0, 0.05) is 29.2 Å². The van der Waals surface area contributed by atoms with Crippen molar-refractivity contribution in [2.75, 3.05) is 7.11 Å². The number of esters is 1. The minimum Gasteiger partial charge on any atom is -0.465 e. The van der Waals surface area contributed by atoms with E-state index >= 15 is 0 Å². The van der Waals surface area contributed by atoms with Crippen molar-refractivity contribution >= 4 is 16.9 Å². The standard InChI is InChI=1S/C15H14N2O3/c1-3-17-8-12(14-7-16-9-20-14)11-5-4-10(6-13(11)17)15(18)19-2/h4-9H,3H2,1-2H3. The molecule has 0 unspecified atom stereocenters. The van der Waals surface area contributed by atoms with E-state index in [1.54, 1.807) is 12.3 Å². The Morgan fingerprint density at radius 2 is 2.30 bits per heavy atom. The van der Waals surface area contributed by atoms with Gasteiger partial charge in [-0.2, -0.15) is 0 Å². The number of carbonyl (C=O) groups is 1. The second-order valence-electron chi connectivity index (χ2n) is 4.42. The Bertz CT molecular complexity index is 757. The van der Waals surface area contributed by atoms with Gasteiger partial charge in [0.25, 0.3) is 0 Å². The van der Waals surface area contributed by atoms with Crippen LogP contribution < -0.4 is 0 Å². The van der Waals surface area contributed by atoms with E-state index < -0.39 is 0 Å². The molecule has 1 aromatic carbocycles. The van der Waals surface area contributed by atoms with Crippen LogP contribution >= 0.6 is 0 Å². The quantitative estimate of drug-likeness (QED) is 0.686. The molecule has 0 aliphatic rings. The maximum absolute atomic E-state index is 11.6. The summed E-state index contributed by atoms with van der Waals surface area (Å²) in [5.41, 5.74) is 2.48. The molecule has 20 heavy (non-hydrogen) atoms. The van der Waals surface area contributed by atoms with E-state index in [1.165, 1.54) is 13.5 Å². The first-order valence-corrected chi connectivity index (χ1v) is 6.34. The maximum Gasteiger partial charge on any atom is 0.337 e. The third-order valence-corrected chi connectivity index (χ3v) is 3.34. The van der Waals surface area contributed by atoms with Crippen molar-refractivity contribution in [2.24, 2.45) is 0 Å². The number of hydrogen-bond donors (Lipinski definition) is 0. The highest BCUT2D eigenvalue weighted by molar-refractivity contribution is 5.99. The summed E-state index contributed by atoms with van der Waals surface area (Å²) in [5, 5.41) is 1.02. The molecule has 5 heteroatoms. The first-order chi connectivity index (χ1) is 9.74. The molecule has 0 amide bonds. The van der Waals surface area contributed by atoms with E-state index in [0.29, 0.717) is 11.3 Å². The smallest absolute Gasteiger partial charge is 0.337 e. The Balaban J connectivity index is 2.23. The van der Waals surface area contributed by atoms with Crippen molar-refractivity contribution in [3.8, 4) is 11.3 Å². The summed E-state index contributed by atoms with van der Waals surface area (Å²) in [6.45, 7) is 2.85. The second-order valence-corrected chi connectivity index (χ2v) is 4.42. The average molecular weight is 270 g/mol. The molecule has 0 N–H and O–H groups in total. The number of oxazole rings is 1. The van der Waals surface area contributed by atoms with Gasteiger partial charge in [-0.25, -0.2) is 9.78 Å². The van der Waals surface area contributed by atoms with Crippen LogP contribution in [0.5, 0.6) is 0 Å². The summed E-state index contributed by atoms with van der Waals surface area (Å²) in [4.78, 5) is 15.6. The van der Waals surface area contributed by atoms with Crippen LogP contribution in [0.2, 0.25) is 0 Å². The predicted molar refractivity (Wildman–Crippen MR) is 74.4 cm³/mol. The third kappa shape index (κ3) is 1.87. The molecule has 0 fully saturated rings. The highest BCUT2D eigenvalue weighted by Crippen LogP contribution is 2.31. The van der Waals surface area contributed by atoms with E-state index in [9.17, 15) is 4.79 Å². The lowest BCUT2D eigenvalue weighted by Crippen LogP contribution is -2.01. The number of benzene rings is 1. The fourth-order valence-corrected chi connectivity index (χ4v) is 2.34. The van der Waals surface area contributed by atoms with E-state index in [-0.39, 0.29) is 5.97 Å². The highest BCUT2D eigenvalue weighted by atomic mass is 16.5. The second kappa shape index (κ2) is 4.85. The molecule has 3 rings (SSSR count). The summed E-state index contributed by atoms with van der Waals surface area (Å²) < 4.78 is 12.2. The van der Waals surface area contributed by atoms with Crippen molar-refractivity contribution in [3.63, 3.8) is 0 Å². The summed E-state index contributed by atoms with van der Waals surface area (Å²) in [6, 6.07) is 5.50. The number of fused-ring (bicyclic) bond motifs is 1. The first-order valence-electron chi connectivity index (χ1n) is 6.34. The van der Waals surface area contributed by atoms with Crippen LogP contribution in [0.25, 0.3) is 22.2 Å². The minimum atomic E-state index is -0.336. The van der Waals surface area contributed by atoms with E-state index in [1.807, 2.05) is 18.3 Å². The third-order valence-electron chi connectivity index (χ3n) is 3.34. The van der Waals surface area contributed by atoms with E-state index in [0.717, 1.165) is 23.0 Å². The van der Waals surface area contributed by atoms with Crippen LogP contribution in [-0.4, -0.2) is 22.6 Å². The molecule has 102 valence electrons. The number of methoxy groups -OCH3 is 1. The lowest BCUT2D eigenvalue weighted by Gasteiger charge is -2.03. The SMILES string of the molecule is CCn1cc(-c2cnco2)c2ccc(C(=O)OC)cc21. The van der Waals surface area contributed by atoms with Crippen LogP contribution in [-0.2, 0) is 11.3 Å². The number of rotatable bonds is 3. The lowest BCUT2D eigenvalue weighted by molar-refractivity contribution is 0.0601.